The highest BCUT2D eigenvalue weighted by Crippen LogP contribution is 2.39. The van der Waals surface area contributed by atoms with Gasteiger partial charge in [-0.2, -0.15) is 0 Å². The molecule has 1 aliphatic heterocycles. The lowest BCUT2D eigenvalue weighted by atomic mass is 10.1. The van der Waals surface area contributed by atoms with Gasteiger partial charge in [-0.1, -0.05) is 5.11 Å². The number of aromatic amines is 1. The fourth-order valence-corrected chi connectivity index (χ4v) is 1.91. The Hall–Kier alpha value is -2.20. The Labute approximate surface area is 109 Å². The van der Waals surface area contributed by atoms with Gasteiger partial charge in [0, 0.05) is 17.2 Å². The first kappa shape index (κ1) is 14.2. The number of H-pyrrole nitrogens is 1. The fraction of sp³-hybridized carbons (Fsp3) is 0.556. The SMILES string of the molecule is [N-]=[N+]=N[C@]1(CO)OC(n2ccc(=O)[nH]c2=O)C(F)C1O. The zero-order chi connectivity index (χ0) is 14.9. The molecule has 1 saturated heterocycles. The molecule has 0 amide bonds. The van der Waals surface area contributed by atoms with E-state index in [1.54, 1.807) is 0 Å². The van der Waals surface area contributed by atoms with E-state index in [1.807, 2.05) is 4.98 Å². The number of rotatable bonds is 3. The quantitative estimate of drug-likeness (QED) is 0.360. The predicted molar refractivity (Wildman–Crippen MR) is 61.3 cm³/mol. The molecule has 1 fully saturated rings. The van der Waals surface area contributed by atoms with Crippen molar-refractivity contribution in [1.29, 1.82) is 0 Å². The molecule has 10 nitrogen and oxygen atoms in total. The number of azide groups is 1. The molecule has 0 radical (unpaired) electrons. The predicted octanol–water partition coefficient (Wildman–Crippen LogP) is -1.24. The van der Waals surface area contributed by atoms with Crippen LogP contribution in [0.2, 0.25) is 0 Å². The summed E-state index contributed by atoms with van der Waals surface area (Å²) >= 11 is 0. The third-order valence-electron chi connectivity index (χ3n) is 2.93. The number of nitrogens with zero attached hydrogens (tertiary/aromatic N) is 4. The molecule has 3 N–H and O–H groups in total. The van der Waals surface area contributed by atoms with E-state index in [-0.39, 0.29) is 0 Å². The minimum atomic E-state index is -2.23. The van der Waals surface area contributed by atoms with Crippen LogP contribution in [-0.2, 0) is 4.74 Å². The molecule has 0 spiro atoms. The van der Waals surface area contributed by atoms with E-state index in [0.29, 0.717) is 4.57 Å². The standard InChI is InChI=1S/C9H10FN5O5/c10-5-6(18)9(3-16,13-14-11)20-7(5)15-2-1-4(17)12-8(15)19/h1-2,5-7,16,18H,3H2,(H,12,17,19)/t5?,6?,7?,9-/m1/s1. The molecular weight excluding hydrogens is 277 g/mol. The molecule has 108 valence electrons. The molecule has 1 aliphatic rings. The highest BCUT2D eigenvalue weighted by Gasteiger charge is 2.56. The Morgan fingerprint density at radius 2 is 2.35 bits per heavy atom. The Morgan fingerprint density at radius 1 is 1.65 bits per heavy atom. The second-order valence-corrected chi connectivity index (χ2v) is 4.11. The van der Waals surface area contributed by atoms with Gasteiger partial charge in [0.25, 0.3) is 5.56 Å². The maximum atomic E-state index is 14.0. The number of alkyl halides is 1. The summed E-state index contributed by atoms with van der Waals surface area (Å²) in [5, 5.41) is 21.9. The fourth-order valence-electron chi connectivity index (χ4n) is 1.91. The summed E-state index contributed by atoms with van der Waals surface area (Å²) in [6.45, 7) is -0.979. The number of aliphatic hydroxyl groups is 2. The van der Waals surface area contributed by atoms with Crippen molar-refractivity contribution in [1.82, 2.24) is 9.55 Å². The Morgan fingerprint density at radius 3 is 2.90 bits per heavy atom. The van der Waals surface area contributed by atoms with Crippen molar-refractivity contribution < 1.29 is 19.3 Å². The van der Waals surface area contributed by atoms with Gasteiger partial charge in [0.05, 0.1) is 6.61 Å². The van der Waals surface area contributed by atoms with Gasteiger partial charge in [-0.15, -0.1) is 0 Å². The lowest BCUT2D eigenvalue weighted by molar-refractivity contribution is -0.124. The van der Waals surface area contributed by atoms with Crippen LogP contribution >= 0.6 is 0 Å². The number of aliphatic hydroxyl groups excluding tert-OH is 2. The molecule has 11 heteroatoms. The molecule has 2 heterocycles. The van der Waals surface area contributed by atoms with E-state index in [2.05, 4.69) is 10.0 Å². The highest BCUT2D eigenvalue weighted by molar-refractivity contribution is 5.01. The first-order chi connectivity index (χ1) is 9.45. The molecule has 3 unspecified atom stereocenters. The minimum Gasteiger partial charge on any atom is -0.393 e. The average Bonchev–Trinajstić information content (AvgIpc) is 2.65. The summed E-state index contributed by atoms with van der Waals surface area (Å²) in [6, 6.07) is 0.955. The molecule has 0 bridgehead atoms. The van der Waals surface area contributed by atoms with E-state index in [1.165, 1.54) is 0 Å². The topological polar surface area (TPSA) is 153 Å². The Kier molecular flexibility index (Phi) is 3.59. The molecule has 1 aromatic heterocycles. The van der Waals surface area contributed by atoms with Crippen LogP contribution in [0.25, 0.3) is 10.4 Å². The molecule has 20 heavy (non-hydrogen) atoms. The third kappa shape index (κ3) is 2.08. The van der Waals surface area contributed by atoms with E-state index in [0.717, 1.165) is 12.3 Å². The van der Waals surface area contributed by atoms with Gasteiger partial charge < -0.3 is 14.9 Å². The highest BCUT2D eigenvalue weighted by atomic mass is 19.1. The van der Waals surface area contributed by atoms with E-state index in [4.69, 9.17) is 15.4 Å². The number of nitrogens with one attached hydrogen (secondary N) is 1. The van der Waals surface area contributed by atoms with E-state index < -0.39 is 42.1 Å². The molecule has 0 saturated carbocycles. The number of aromatic nitrogens is 2. The number of halogens is 1. The van der Waals surface area contributed by atoms with Crippen molar-refractivity contribution in [2.45, 2.75) is 24.2 Å². The monoisotopic (exact) mass is 287 g/mol. The number of ether oxygens (including phenoxy) is 1. The normalized spacial score (nSPS) is 32.9. The Balaban J connectivity index is 2.47. The van der Waals surface area contributed by atoms with Crippen LogP contribution in [-0.4, -0.2) is 44.4 Å². The maximum Gasteiger partial charge on any atom is 0.330 e. The third-order valence-corrected chi connectivity index (χ3v) is 2.93. The van der Waals surface area contributed by atoms with Crippen LogP contribution in [0.4, 0.5) is 4.39 Å². The average molecular weight is 287 g/mol. The van der Waals surface area contributed by atoms with Crippen molar-refractivity contribution in [3.8, 4) is 0 Å². The number of hydrogen-bond donors (Lipinski definition) is 3. The first-order valence-corrected chi connectivity index (χ1v) is 5.44. The van der Waals surface area contributed by atoms with Crippen LogP contribution < -0.4 is 11.2 Å². The zero-order valence-corrected chi connectivity index (χ0v) is 9.88. The van der Waals surface area contributed by atoms with Gasteiger partial charge in [0.1, 0.15) is 6.10 Å². The maximum absolute atomic E-state index is 14.0. The molecule has 4 atom stereocenters. The molecule has 1 aromatic rings. The van der Waals surface area contributed by atoms with Crippen molar-refractivity contribution in [3.63, 3.8) is 0 Å². The van der Waals surface area contributed by atoms with Gasteiger partial charge in [0.2, 0.25) is 5.72 Å². The van der Waals surface area contributed by atoms with Crippen LogP contribution in [0.3, 0.4) is 0 Å². The smallest absolute Gasteiger partial charge is 0.330 e. The molecule has 0 aromatic carbocycles. The summed E-state index contributed by atoms with van der Waals surface area (Å²) in [5.74, 6) is 0. The van der Waals surface area contributed by atoms with Gasteiger partial charge in [-0.25, -0.2) is 9.18 Å². The van der Waals surface area contributed by atoms with Gasteiger partial charge >= 0.3 is 5.69 Å². The van der Waals surface area contributed by atoms with Crippen LogP contribution in [0.5, 0.6) is 0 Å². The van der Waals surface area contributed by atoms with Crippen molar-refractivity contribution in [2.75, 3.05) is 6.61 Å². The van der Waals surface area contributed by atoms with Crippen LogP contribution in [0, 0.1) is 0 Å². The van der Waals surface area contributed by atoms with Crippen LogP contribution in [0.15, 0.2) is 27.0 Å². The second-order valence-electron chi connectivity index (χ2n) is 4.11. The van der Waals surface area contributed by atoms with Gasteiger partial charge in [-0.05, 0) is 5.53 Å². The molecule has 0 aliphatic carbocycles. The lowest BCUT2D eigenvalue weighted by Gasteiger charge is -2.23. The molecule has 2 rings (SSSR count). The van der Waals surface area contributed by atoms with Gasteiger partial charge in [0.15, 0.2) is 12.4 Å². The van der Waals surface area contributed by atoms with Crippen molar-refractivity contribution >= 4 is 0 Å². The summed E-state index contributed by atoms with van der Waals surface area (Å²) in [5.41, 5.74) is 4.51. The zero-order valence-electron chi connectivity index (χ0n) is 9.88. The van der Waals surface area contributed by atoms with Crippen LogP contribution in [0.1, 0.15) is 6.23 Å². The summed E-state index contributed by atoms with van der Waals surface area (Å²) in [7, 11) is 0. The Bertz CT molecular complexity index is 667. The largest absolute Gasteiger partial charge is 0.393 e. The minimum absolute atomic E-state index is 0.680. The number of hydrogen-bond acceptors (Lipinski definition) is 6. The summed E-state index contributed by atoms with van der Waals surface area (Å²) < 4.78 is 19.7. The van der Waals surface area contributed by atoms with Crippen molar-refractivity contribution in [3.05, 3.63) is 43.5 Å². The van der Waals surface area contributed by atoms with E-state index >= 15 is 0 Å². The van der Waals surface area contributed by atoms with Crippen molar-refractivity contribution in [2.24, 2.45) is 5.11 Å². The van der Waals surface area contributed by atoms with Gasteiger partial charge in [-0.3, -0.25) is 14.3 Å². The van der Waals surface area contributed by atoms with E-state index in [9.17, 15) is 19.1 Å². The first-order valence-electron chi connectivity index (χ1n) is 5.44. The summed E-state index contributed by atoms with van der Waals surface area (Å²) in [6.07, 6.45) is -4.79. The molecular formula is C9H10FN5O5. The summed E-state index contributed by atoms with van der Waals surface area (Å²) in [4.78, 5) is 26.7. The second kappa shape index (κ2) is 5.06. The lowest BCUT2D eigenvalue weighted by Crippen LogP contribution is -2.43.